The van der Waals surface area contributed by atoms with Gasteiger partial charge in [0.25, 0.3) is 0 Å². The lowest BCUT2D eigenvalue weighted by molar-refractivity contribution is -0.394. The van der Waals surface area contributed by atoms with Crippen LogP contribution in [0, 0.1) is 62.1 Å². The maximum absolute atomic E-state index is 15.7. The Morgan fingerprint density at radius 2 is 1.22 bits per heavy atom. The summed E-state index contributed by atoms with van der Waals surface area (Å²) in [6.45, 7) is 22.5. The molecule has 4 aliphatic heterocycles. The number of carbonyl (C=O) groups is 5. The van der Waals surface area contributed by atoms with Gasteiger partial charge >= 0.3 is 23.9 Å². The normalized spacial score (nSPS) is 45.6. The molecule has 9 aliphatic rings. The number of allylic oxidation sites excluding steroid dienone is 2. The number of rotatable bonds is 27. The summed E-state index contributed by atoms with van der Waals surface area (Å²) in [6, 6.07) is 0. The van der Waals surface area contributed by atoms with E-state index in [9.17, 15) is 85.6 Å². The molecule has 0 radical (unpaired) electrons. The largest absolute Gasteiger partial charge is 0.479 e. The van der Waals surface area contributed by atoms with Crippen molar-refractivity contribution in [2.75, 3.05) is 13.7 Å². The van der Waals surface area contributed by atoms with E-state index in [0.29, 0.717) is 77.0 Å². The van der Waals surface area contributed by atoms with E-state index in [1.165, 1.54) is 19.6 Å². The number of fused-ring (bicyclic) bond motifs is 7. The minimum atomic E-state index is -2.19. The Labute approximate surface area is 603 Å². The fourth-order valence-corrected chi connectivity index (χ4v) is 19.9. The maximum Gasteiger partial charge on any atom is 0.335 e. The van der Waals surface area contributed by atoms with Crippen molar-refractivity contribution in [3.63, 3.8) is 0 Å². The maximum atomic E-state index is 15.7. The Kier molecular flexibility index (Phi) is 26.7. The summed E-state index contributed by atoms with van der Waals surface area (Å²) in [5, 5.41) is 142. The van der Waals surface area contributed by atoms with Gasteiger partial charge in [-0.05, 0) is 136 Å². The van der Waals surface area contributed by atoms with Gasteiger partial charge in [-0.1, -0.05) is 93.7 Å². The Balaban J connectivity index is 0.942. The molecular weight excluding hydrogens is 1350 g/mol. The number of carbonyl (C=O) groups excluding carboxylic acids is 4. The van der Waals surface area contributed by atoms with Crippen molar-refractivity contribution in [1.29, 1.82) is 0 Å². The van der Waals surface area contributed by atoms with E-state index in [1.54, 1.807) is 13.8 Å². The molecule has 0 aromatic heterocycles. The molecular formula is C74H120O29. The molecule has 13 N–H and O–H groups in total. The van der Waals surface area contributed by atoms with E-state index in [4.69, 9.17) is 52.1 Å². The predicted molar refractivity (Wildman–Crippen MR) is 359 cm³/mol. The van der Waals surface area contributed by atoms with Crippen LogP contribution in [0.2, 0.25) is 0 Å². The van der Waals surface area contributed by atoms with Gasteiger partial charge in [0, 0.05) is 20.0 Å². The molecule has 5 aliphatic carbocycles. The van der Waals surface area contributed by atoms with Gasteiger partial charge < -0.3 is 123 Å². The second kappa shape index (κ2) is 33.0. The van der Waals surface area contributed by atoms with Crippen LogP contribution >= 0.6 is 0 Å². The molecule has 0 aromatic rings. The van der Waals surface area contributed by atoms with E-state index in [2.05, 4.69) is 40.7 Å². The van der Waals surface area contributed by atoms with Crippen LogP contribution in [0.5, 0.6) is 0 Å². The van der Waals surface area contributed by atoms with Gasteiger partial charge in [0.2, 0.25) is 6.29 Å². The van der Waals surface area contributed by atoms with Crippen LogP contribution in [0.15, 0.2) is 11.6 Å². The number of hydrogen-bond acceptors (Lipinski definition) is 28. The van der Waals surface area contributed by atoms with Crippen LogP contribution in [0.25, 0.3) is 0 Å². The Bertz CT molecular complexity index is 2930. The average molecular weight is 1470 g/mol. The van der Waals surface area contributed by atoms with E-state index in [-0.39, 0.29) is 54.8 Å². The number of aliphatic hydroxyl groups is 12. The molecule has 29 heteroatoms. The van der Waals surface area contributed by atoms with Gasteiger partial charge in [-0.2, -0.15) is 0 Å². The zero-order chi connectivity index (χ0) is 76.1. The first-order valence-electron chi connectivity index (χ1n) is 37.5. The number of carboxylic acid groups (broad SMARTS) is 1. The lowest BCUT2D eigenvalue weighted by atomic mass is 9.33. The molecule has 4 saturated heterocycles. The molecule has 0 bridgehead atoms. The highest BCUT2D eigenvalue weighted by Gasteiger charge is 2.72. The lowest BCUT2D eigenvalue weighted by Gasteiger charge is -2.71. The molecule has 4 saturated carbocycles. The first-order chi connectivity index (χ1) is 48.3. The number of hydrogen-bond donors (Lipinski definition) is 13. The van der Waals surface area contributed by atoms with Crippen molar-refractivity contribution in [1.82, 2.24) is 0 Å². The van der Waals surface area contributed by atoms with Crippen LogP contribution in [0.3, 0.4) is 0 Å². The van der Waals surface area contributed by atoms with Gasteiger partial charge in [-0.3, -0.25) is 14.4 Å². The van der Waals surface area contributed by atoms with E-state index in [0.717, 1.165) is 6.29 Å². The second-order valence-electron chi connectivity index (χ2n) is 33.3. The van der Waals surface area contributed by atoms with Crippen LogP contribution < -0.4 is 0 Å². The number of carboxylic acids is 1. The van der Waals surface area contributed by atoms with Crippen molar-refractivity contribution in [3.8, 4) is 0 Å². The summed E-state index contributed by atoms with van der Waals surface area (Å²) in [5.41, 5.74) is -2.89. The second-order valence-corrected chi connectivity index (χ2v) is 33.3. The SMILES string of the molecule is CC[C@H](C)[C@H](C[C@H](O)CC(=O)O[C@H]1[C@@H](O)[C@@H](C)O[C@@H](OC(=O)[C@]23CCC(C)(C)C[C@H]2C2=CC[C@@H]4[C@@]5(C)CC[C@H](O[C@@H]6O[C@H](C(=O)O)[C@@H](O)[C@H](O[C@@H]7O[C@@H](C)[C@H](O)[C@@H](O)[C@H]7O)[C@H]6O[C@@H]6O[C@H](CO)[C@H](O)[C@H](O)[C@H]6O)[C@@](C)(C=O)[C@@H]5CC[C@@]4(C)[C@]2(CC)CC3)[C@@H]1OC)OC(=O)C[C@@H](O)C[C@H](O)[C@@H](C)CC. The highest BCUT2D eigenvalue weighted by molar-refractivity contribution is 5.79. The number of aldehydes is 1. The molecule has 9 rings (SSSR count). The van der Waals surface area contributed by atoms with Gasteiger partial charge in [-0.15, -0.1) is 0 Å². The summed E-state index contributed by atoms with van der Waals surface area (Å²) < 4.78 is 67.2. The van der Waals surface area contributed by atoms with Gasteiger partial charge in [0.05, 0.1) is 66.9 Å². The third-order valence-electron chi connectivity index (χ3n) is 26.7. The van der Waals surface area contributed by atoms with E-state index < -0.39 is 223 Å². The minimum Gasteiger partial charge on any atom is -0.479 e. The van der Waals surface area contributed by atoms with E-state index in [1.807, 2.05) is 27.7 Å². The van der Waals surface area contributed by atoms with Gasteiger partial charge in [0.15, 0.2) is 37.2 Å². The van der Waals surface area contributed by atoms with Crippen LogP contribution in [-0.2, 0) is 76.1 Å². The quantitative estimate of drug-likeness (QED) is 0.0185. The lowest BCUT2D eigenvalue weighted by Crippen LogP contribution is -2.69. The fraction of sp³-hybridized carbons (Fsp3) is 0.905. The summed E-state index contributed by atoms with van der Waals surface area (Å²) in [6.07, 6.45) is -30.6. The molecule has 0 unspecified atom stereocenters. The fourth-order valence-electron chi connectivity index (χ4n) is 19.9. The average Bonchev–Trinajstić information content (AvgIpc) is 0.672. The monoisotopic (exact) mass is 1470 g/mol. The molecule has 29 nitrogen and oxygen atoms in total. The van der Waals surface area contributed by atoms with Crippen molar-refractivity contribution in [2.45, 2.75) is 346 Å². The van der Waals surface area contributed by atoms with Crippen molar-refractivity contribution >= 4 is 30.2 Å². The highest BCUT2D eigenvalue weighted by Crippen LogP contribution is 2.77. The standard InChI is InChI=1S/C74H120O29/c1-14-34(4)42(79)27-38(77)29-48(80)96-43(35(5)15-2)28-39(78)30-49(81)99-58-51(83)37(7)95-66(61(58)93-13)103-68(92)73-24-23-69(8,9)31-41(73)40-17-18-46-70(10)21-20-47(71(11,33-76)45(70)19-22-72(46,12)74(40,16-3)26-25-73)98-67-62(102-65-56(88)54(86)52(84)44(32-75)97-65)59(57(89)60(101-67)63(90)91)100-64-55(87)53(85)50(82)36(6)94-64/h17,33-39,41-47,50-62,64-67,75,77-79,82-89H,14-16,18-32H2,1-13H3,(H,90,91)/t34-,35-,36-,37+,38-,39-,41-,42-,43-,44+,45+,46+,47-,50-,51-,52-,53+,54-,55+,56+,57-,58-,59-,60-,61+,62+,64-,65-,66-,67+,70-,71-,72+,73-,74+/m0/s1. The third kappa shape index (κ3) is 16.0. The number of aliphatic hydroxyl groups excluding tert-OH is 12. The molecule has 0 amide bonds. The molecule has 0 spiro atoms. The van der Waals surface area contributed by atoms with Crippen LogP contribution in [0.4, 0.5) is 0 Å². The first kappa shape index (κ1) is 83.5. The summed E-state index contributed by atoms with van der Waals surface area (Å²) in [4.78, 5) is 69.9. The number of esters is 3. The highest BCUT2D eigenvalue weighted by atomic mass is 16.8. The van der Waals surface area contributed by atoms with Crippen LogP contribution in [-0.4, -0.2) is 264 Å². The smallest absolute Gasteiger partial charge is 0.335 e. The van der Waals surface area contributed by atoms with Crippen molar-refractivity contribution in [2.24, 2.45) is 62.1 Å². The zero-order valence-corrected chi connectivity index (χ0v) is 62.0. The Morgan fingerprint density at radius 1 is 0.621 bits per heavy atom. The Hall–Kier alpha value is -3.51. The summed E-state index contributed by atoms with van der Waals surface area (Å²) >= 11 is 0. The summed E-state index contributed by atoms with van der Waals surface area (Å²) in [5.74, 6) is -4.93. The summed E-state index contributed by atoms with van der Waals surface area (Å²) in [7, 11) is 1.32. The number of aliphatic carboxylic acids is 1. The van der Waals surface area contributed by atoms with E-state index >= 15 is 4.79 Å². The molecule has 103 heavy (non-hydrogen) atoms. The van der Waals surface area contributed by atoms with Crippen LogP contribution in [0.1, 0.15) is 192 Å². The molecule has 4 heterocycles. The van der Waals surface area contributed by atoms with Crippen molar-refractivity contribution in [3.05, 3.63) is 11.6 Å². The van der Waals surface area contributed by atoms with Gasteiger partial charge in [0.1, 0.15) is 79.5 Å². The number of ether oxygens (including phenoxy) is 11. The molecule has 0 aromatic carbocycles. The topological polar surface area (TPSA) is 450 Å². The molecule has 8 fully saturated rings. The third-order valence-corrected chi connectivity index (χ3v) is 26.7. The first-order valence-corrected chi connectivity index (χ1v) is 37.5. The Morgan fingerprint density at radius 3 is 1.84 bits per heavy atom. The zero-order valence-electron chi connectivity index (χ0n) is 62.0. The predicted octanol–water partition coefficient (Wildman–Crippen LogP) is 2.53. The van der Waals surface area contributed by atoms with Gasteiger partial charge in [-0.25, -0.2) is 4.79 Å². The number of methoxy groups -OCH3 is 1. The molecule has 590 valence electrons. The minimum absolute atomic E-state index is 0.0155. The molecule has 35 atom stereocenters. The van der Waals surface area contributed by atoms with Crippen molar-refractivity contribution < 1.29 is 142 Å².